The number of nitro benzene ring substituents is 1. The Kier molecular flexibility index (Phi) is 6.24. The van der Waals surface area contributed by atoms with E-state index in [1.807, 2.05) is 0 Å². The van der Waals surface area contributed by atoms with E-state index in [4.69, 9.17) is 10.8 Å². The third-order valence-electron chi connectivity index (χ3n) is 2.56. The predicted molar refractivity (Wildman–Crippen MR) is 74.8 cm³/mol. The number of carboxylic acid groups (broad SMARTS) is 1. The second-order valence-corrected chi connectivity index (χ2v) is 4.19. The number of nitrogens with one attached hydrogen (secondary N) is 2. The average molecular weight is 296 g/mol. The van der Waals surface area contributed by atoms with E-state index in [0.29, 0.717) is 0 Å². The molecule has 1 aromatic rings. The lowest BCUT2D eigenvalue weighted by Gasteiger charge is -2.13. The van der Waals surface area contributed by atoms with E-state index in [2.05, 4.69) is 10.6 Å². The fourth-order valence-electron chi connectivity index (χ4n) is 1.60. The summed E-state index contributed by atoms with van der Waals surface area (Å²) in [5.74, 6) is -1.73. The number of nitro groups is 1. The fraction of sp³-hybridized carbons (Fsp3) is 0.333. The van der Waals surface area contributed by atoms with E-state index in [1.165, 1.54) is 24.3 Å². The monoisotopic (exact) mass is 296 g/mol. The first-order valence-electron chi connectivity index (χ1n) is 6.14. The van der Waals surface area contributed by atoms with Crippen molar-refractivity contribution in [2.45, 2.75) is 12.5 Å². The van der Waals surface area contributed by atoms with Crippen LogP contribution < -0.4 is 16.4 Å². The Balaban J connectivity index is 2.65. The summed E-state index contributed by atoms with van der Waals surface area (Å²) in [6.07, 6.45) is -0.308. The highest BCUT2D eigenvalue weighted by molar-refractivity contribution is 5.94. The molecule has 0 heterocycles. The molecule has 0 aliphatic carbocycles. The molecule has 0 aliphatic rings. The number of hydrogen-bond acceptors (Lipinski definition) is 6. The zero-order valence-corrected chi connectivity index (χ0v) is 11.1. The number of carbonyl (C=O) groups excluding carboxylic acids is 1. The van der Waals surface area contributed by atoms with Crippen LogP contribution in [0.15, 0.2) is 24.3 Å². The number of non-ortho nitro benzene ring substituents is 1. The Bertz CT molecular complexity index is 534. The maximum Gasteiger partial charge on any atom is 0.321 e. The quantitative estimate of drug-likeness (QED) is 0.387. The van der Waals surface area contributed by atoms with Crippen molar-refractivity contribution >= 4 is 23.3 Å². The Morgan fingerprint density at radius 1 is 1.43 bits per heavy atom. The Labute approximate surface area is 120 Å². The first-order valence-corrected chi connectivity index (χ1v) is 6.14. The van der Waals surface area contributed by atoms with Gasteiger partial charge in [-0.3, -0.25) is 19.7 Å². The lowest BCUT2D eigenvalue weighted by Crippen LogP contribution is -2.41. The Morgan fingerprint density at radius 2 is 2.14 bits per heavy atom. The highest BCUT2D eigenvalue weighted by Gasteiger charge is 2.20. The third-order valence-corrected chi connectivity index (χ3v) is 2.56. The van der Waals surface area contributed by atoms with Gasteiger partial charge in [-0.05, 0) is 6.07 Å². The van der Waals surface area contributed by atoms with Gasteiger partial charge in [0.1, 0.15) is 6.04 Å². The van der Waals surface area contributed by atoms with Gasteiger partial charge in [0.2, 0.25) is 5.91 Å². The van der Waals surface area contributed by atoms with Gasteiger partial charge in [0, 0.05) is 30.9 Å². The van der Waals surface area contributed by atoms with Gasteiger partial charge in [0.25, 0.3) is 5.69 Å². The van der Waals surface area contributed by atoms with Crippen LogP contribution in [0, 0.1) is 10.1 Å². The summed E-state index contributed by atoms with van der Waals surface area (Å²) in [5.41, 5.74) is 5.33. The summed E-state index contributed by atoms with van der Waals surface area (Å²) in [4.78, 5) is 32.8. The normalized spacial score (nSPS) is 11.7. The molecule has 0 aliphatic heterocycles. The van der Waals surface area contributed by atoms with Crippen LogP contribution in [-0.4, -0.2) is 41.0 Å². The van der Waals surface area contributed by atoms with Crippen LogP contribution in [0.1, 0.15) is 6.42 Å². The molecule has 114 valence electrons. The van der Waals surface area contributed by atoms with Crippen molar-refractivity contribution < 1.29 is 19.6 Å². The van der Waals surface area contributed by atoms with Gasteiger partial charge in [-0.2, -0.15) is 0 Å². The minimum atomic E-state index is -1.17. The molecular formula is C12H16N4O5. The molecule has 0 unspecified atom stereocenters. The SMILES string of the molecule is NCCN[C@@H](CC(=O)Nc1cccc([N+](=O)[O-])c1)C(=O)O. The summed E-state index contributed by atoms with van der Waals surface area (Å²) in [5, 5.41) is 24.6. The molecule has 21 heavy (non-hydrogen) atoms. The molecule has 0 saturated heterocycles. The van der Waals surface area contributed by atoms with Gasteiger partial charge >= 0.3 is 5.97 Å². The second-order valence-electron chi connectivity index (χ2n) is 4.19. The van der Waals surface area contributed by atoms with Gasteiger partial charge in [-0.25, -0.2) is 0 Å². The number of benzene rings is 1. The number of carboxylic acids is 1. The Morgan fingerprint density at radius 3 is 2.71 bits per heavy atom. The average Bonchev–Trinajstić information content (AvgIpc) is 2.43. The molecule has 9 heteroatoms. The van der Waals surface area contributed by atoms with E-state index in [-0.39, 0.29) is 30.9 Å². The molecule has 1 amide bonds. The summed E-state index contributed by atoms with van der Waals surface area (Å²) >= 11 is 0. The number of amides is 1. The molecule has 0 radical (unpaired) electrons. The van der Waals surface area contributed by atoms with Crippen LogP contribution in [0.25, 0.3) is 0 Å². The van der Waals surface area contributed by atoms with Crippen LogP contribution in [0.5, 0.6) is 0 Å². The molecule has 5 N–H and O–H groups in total. The summed E-state index contributed by atoms with van der Waals surface area (Å²) in [7, 11) is 0. The molecule has 0 fully saturated rings. The molecule has 9 nitrogen and oxygen atoms in total. The van der Waals surface area contributed by atoms with Gasteiger partial charge in [-0.15, -0.1) is 0 Å². The summed E-state index contributed by atoms with van der Waals surface area (Å²) < 4.78 is 0. The minimum Gasteiger partial charge on any atom is -0.480 e. The van der Waals surface area contributed by atoms with E-state index < -0.39 is 22.8 Å². The number of aliphatic carboxylic acids is 1. The first kappa shape index (κ1) is 16.5. The highest BCUT2D eigenvalue weighted by Crippen LogP contribution is 2.17. The van der Waals surface area contributed by atoms with Crippen molar-refractivity contribution in [1.29, 1.82) is 0 Å². The fourth-order valence-corrected chi connectivity index (χ4v) is 1.60. The lowest BCUT2D eigenvalue weighted by atomic mass is 10.2. The van der Waals surface area contributed by atoms with Crippen molar-refractivity contribution in [2.24, 2.45) is 5.73 Å². The van der Waals surface area contributed by atoms with Crippen molar-refractivity contribution in [3.05, 3.63) is 34.4 Å². The number of carbonyl (C=O) groups is 2. The van der Waals surface area contributed by atoms with Gasteiger partial charge in [-0.1, -0.05) is 6.07 Å². The smallest absolute Gasteiger partial charge is 0.321 e. The number of hydrogen-bond donors (Lipinski definition) is 4. The largest absolute Gasteiger partial charge is 0.480 e. The first-order chi connectivity index (χ1) is 9.93. The van der Waals surface area contributed by atoms with Gasteiger partial charge in [0.15, 0.2) is 0 Å². The zero-order valence-electron chi connectivity index (χ0n) is 11.1. The van der Waals surface area contributed by atoms with E-state index in [1.54, 1.807) is 0 Å². The van der Waals surface area contributed by atoms with Crippen molar-refractivity contribution in [3.63, 3.8) is 0 Å². The van der Waals surface area contributed by atoms with Gasteiger partial charge in [0.05, 0.1) is 11.3 Å². The molecule has 0 aromatic heterocycles. The Hall–Kier alpha value is -2.52. The lowest BCUT2D eigenvalue weighted by molar-refractivity contribution is -0.384. The van der Waals surface area contributed by atoms with E-state index in [9.17, 15) is 19.7 Å². The number of nitrogens with two attached hydrogens (primary N) is 1. The highest BCUT2D eigenvalue weighted by atomic mass is 16.6. The van der Waals surface area contributed by atoms with Gasteiger partial charge < -0.3 is 21.5 Å². The van der Waals surface area contributed by atoms with Crippen LogP contribution in [-0.2, 0) is 9.59 Å². The van der Waals surface area contributed by atoms with E-state index in [0.717, 1.165) is 0 Å². The van der Waals surface area contributed by atoms with Crippen LogP contribution >= 0.6 is 0 Å². The molecule has 0 saturated carbocycles. The summed E-state index contributed by atoms with van der Waals surface area (Å²) in [6, 6.07) is 4.33. The number of nitrogens with zero attached hydrogens (tertiary/aromatic N) is 1. The maximum atomic E-state index is 11.8. The van der Waals surface area contributed by atoms with E-state index >= 15 is 0 Å². The van der Waals surface area contributed by atoms with Crippen molar-refractivity contribution in [1.82, 2.24) is 5.32 Å². The van der Waals surface area contributed by atoms with Crippen molar-refractivity contribution in [2.75, 3.05) is 18.4 Å². The molecular weight excluding hydrogens is 280 g/mol. The molecule has 1 atom stereocenters. The molecule has 0 bridgehead atoms. The predicted octanol–water partition coefficient (Wildman–Crippen LogP) is -0.0751. The maximum absolute atomic E-state index is 11.8. The zero-order chi connectivity index (χ0) is 15.8. The minimum absolute atomic E-state index is 0.163. The summed E-state index contributed by atoms with van der Waals surface area (Å²) in [6.45, 7) is 0.511. The number of anilines is 1. The van der Waals surface area contributed by atoms with Crippen LogP contribution in [0.4, 0.5) is 11.4 Å². The van der Waals surface area contributed by atoms with Crippen LogP contribution in [0.3, 0.4) is 0 Å². The molecule has 1 rings (SSSR count). The number of rotatable bonds is 8. The molecule has 1 aromatic carbocycles. The van der Waals surface area contributed by atoms with Crippen molar-refractivity contribution in [3.8, 4) is 0 Å². The second kappa shape index (κ2) is 7.92. The molecule has 0 spiro atoms. The third kappa shape index (κ3) is 5.55. The van der Waals surface area contributed by atoms with Crippen LogP contribution in [0.2, 0.25) is 0 Å². The standard InChI is InChI=1S/C12H16N4O5/c13-4-5-14-10(12(18)19)7-11(17)15-8-2-1-3-9(6-8)16(20)21/h1-3,6,10,14H,4-5,7,13H2,(H,15,17)(H,18,19)/t10-/m0/s1. The topological polar surface area (TPSA) is 148 Å².